The number of phosphoric ester groups is 2. The number of carbonyl (C=O) groups excluding carboxylic acids is 4. The van der Waals surface area contributed by atoms with Crippen LogP contribution in [0.25, 0.3) is 0 Å². The fourth-order valence-corrected chi connectivity index (χ4v) is 11.3. The Morgan fingerprint density at radius 2 is 0.548 bits per heavy atom. The molecule has 0 aromatic carbocycles. The van der Waals surface area contributed by atoms with Crippen molar-refractivity contribution >= 4 is 39.5 Å². The van der Waals surface area contributed by atoms with Crippen molar-refractivity contribution in [2.45, 2.75) is 342 Å². The number of esters is 4. The van der Waals surface area contributed by atoms with Gasteiger partial charge in [-0.15, -0.1) is 0 Å². The van der Waals surface area contributed by atoms with Crippen molar-refractivity contribution in [3.63, 3.8) is 0 Å². The van der Waals surface area contributed by atoms with Gasteiger partial charge in [0.15, 0.2) is 12.2 Å². The molecule has 19 heteroatoms. The van der Waals surface area contributed by atoms with Crippen molar-refractivity contribution in [1.82, 2.24) is 0 Å². The van der Waals surface area contributed by atoms with Gasteiger partial charge in [0.05, 0.1) is 26.4 Å². The van der Waals surface area contributed by atoms with E-state index in [4.69, 9.17) is 37.0 Å². The number of carbonyl (C=O) groups is 4. The SMILES string of the molecule is CCCCCCCCCCCCC(=O)OC[C@H](COP(=O)(O)OC[C@@H](O)COP(=O)(O)OC[C@@H](COC(=O)CCCCCCCCC)OC(=O)CCCCCCCCC(C)C)OC(=O)CCCCCCCCCCCCCCCCCC(C)C. The van der Waals surface area contributed by atoms with E-state index in [0.717, 1.165) is 109 Å². The van der Waals surface area contributed by atoms with Crippen LogP contribution in [-0.2, 0) is 65.4 Å². The second-order valence-electron chi connectivity index (χ2n) is 24.5. The topological polar surface area (TPSA) is 237 Å². The maximum atomic E-state index is 13.0. The lowest BCUT2D eigenvalue weighted by atomic mass is 10.0. The van der Waals surface area contributed by atoms with E-state index in [-0.39, 0.29) is 25.7 Å². The quantitative estimate of drug-likeness (QED) is 0.0222. The Bertz CT molecular complexity index is 1650. The fourth-order valence-electron chi connectivity index (χ4n) is 9.71. The average Bonchev–Trinajstić information content (AvgIpc) is 3.65. The van der Waals surface area contributed by atoms with E-state index in [2.05, 4.69) is 41.5 Å². The van der Waals surface area contributed by atoms with E-state index in [9.17, 15) is 43.2 Å². The molecule has 0 aromatic heterocycles. The smallest absolute Gasteiger partial charge is 0.462 e. The number of aliphatic hydroxyl groups excluding tert-OH is 1. The summed E-state index contributed by atoms with van der Waals surface area (Å²) < 4.78 is 67.9. The van der Waals surface area contributed by atoms with Crippen LogP contribution >= 0.6 is 15.6 Å². The molecule has 0 fully saturated rings. The van der Waals surface area contributed by atoms with Gasteiger partial charge in [0.2, 0.25) is 0 Å². The van der Waals surface area contributed by atoms with E-state index >= 15 is 0 Å². The lowest BCUT2D eigenvalue weighted by Gasteiger charge is -2.21. The lowest BCUT2D eigenvalue weighted by Crippen LogP contribution is -2.30. The van der Waals surface area contributed by atoms with Crippen molar-refractivity contribution in [2.75, 3.05) is 39.6 Å². The maximum absolute atomic E-state index is 13.0. The monoisotopic (exact) mass is 1240 g/mol. The van der Waals surface area contributed by atoms with Gasteiger partial charge >= 0.3 is 39.5 Å². The highest BCUT2D eigenvalue weighted by atomic mass is 31.2. The minimum absolute atomic E-state index is 0.102. The first-order valence-corrected chi connectivity index (χ1v) is 37.0. The van der Waals surface area contributed by atoms with Gasteiger partial charge in [-0.05, 0) is 37.5 Å². The van der Waals surface area contributed by atoms with E-state index in [1.807, 2.05) is 0 Å². The van der Waals surface area contributed by atoms with E-state index < -0.39 is 97.5 Å². The number of unbranched alkanes of at least 4 members (excludes halogenated alkanes) is 34. The maximum Gasteiger partial charge on any atom is 0.472 e. The van der Waals surface area contributed by atoms with Gasteiger partial charge in [0.1, 0.15) is 19.3 Å². The highest BCUT2D eigenvalue weighted by molar-refractivity contribution is 7.47. The number of hydrogen-bond acceptors (Lipinski definition) is 15. The van der Waals surface area contributed by atoms with Crippen molar-refractivity contribution in [3.05, 3.63) is 0 Å². The Hall–Kier alpha value is -1.94. The minimum atomic E-state index is -4.94. The molecule has 0 saturated carbocycles. The summed E-state index contributed by atoms with van der Waals surface area (Å²) in [6.45, 7) is 9.39. The fraction of sp³-hybridized carbons (Fsp3) is 0.938. The lowest BCUT2D eigenvalue weighted by molar-refractivity contribution is -0.161. The molecule has 0 aliphatic carbocycles. The molecule has 0 bridgehead atoms. The number of aliphatic hydroxyl groups is 1. The highest BCUT2D eigenvalue weighted by Crippen LogP contribution is 2.45. The summed E-state index contributed by atoms with van der Waals surface area (Å²) >= 11 is 0. The summed E-state index contributed by atoms with van der Waals surface area (Å²) in [6, 6.07) is 0. The zero-order chi connectivity index (χ0) is 62.2. The Kier molecular flexibility index (Phi) is 56.2. The second kappa shape index (κ2) is 57.5. The summed E-state index contributed by atoms with van der Waals surface area (Å²) in [5, 5.41) is 10.5. The molecular formula is C65H126O17P2. The van der Waals surface area contributed by atoms with Gasteiger partial charge in [-0.3, -0.25) is 37.3 Å². The third-order valence-corrected chi connectivity index (χ3v) is 16.9. The molecule has 0 aliphatic heterocycles. The molecule has 5 atom stereocenters. The molecule has 2 unspecified atom stereocenters. The van der Waals surface area contributed by atoms with Crippen LogP contribution in [0.4, 0.5) is 0 Å². The molecule has 84 heavy (non-hydrogen) atoms. The summed E-state index contributed by atoms with van der Waals surface area (Å²) in [5.41, 5.74) is 0. The Morgan fingerprint density at radius 3 is 0.810 bits per heavy atom. The molecule has 0 radical (unpaired) electrons. The third kappa shape index (κ3) is 59.0. The summed E-state index contributed by atoms with van der Waals surface area (Å²) in [7, 11) is -9.88. The average molecular weight is 1240 g/mol. The van der Waals surface area contributed by atoms with Crippen molar-refractivity contribution in [1.29, 1.82) is 0 Å². The molecule has 0 aliphatic rings. The van der Waals surface area contributed by atoms with Gasteiger partial charge in [-0.25, -0.2) is 9.13 Å². The summed E-state index contributed by atoms with van der Waals surface area (Å²) in [5.74, 6) is -0.668. The number of phosphoric acid groups is 2. The Labute approximate surface area is 511 Å². The second-order valence-corrected chi connectivity index (χ2v) is 27.4. The number of ether oxygens (including phenoxy) is 4. The van der Waals surface area contributed by atoms with Crippen LogP contribution in [0.15, 0.2) is 0 Å². The molecule has 0 rings (SSSR count). The zero-order valence-corrected chi connectivity index (χ0v) is 56.0. The van der Waals surface area contributed by atoms with Gasteiger partial charge < -0.3 is 33.8 Å². The van der Waals surface area contributed by atoms with Crippen molar-refractivity contribution in [2.24, 2.45) is 11.8 Å². The van der Waals surface area contributed by atoms with E-state index in [0.29, 0.717) is 31.6 Å². The molecule has 3 N–H and O–H groups in total. The largest absolute Gasteiger partial charge is 0.472 e. The molecule has 0 heterocycles. The number of rotatable bonds is 64. The van der Waals surface area contributed by atoms with Crippen LogP contribution in [0, 0.1) is 11.8 Å². The first-order chi connectivity index (χ1) is 40.4. The van der Waals surface area contributed by atoms with Gasteiger partial charge in [0, 0.05) is 25.7 Å². The molecule has 0 amide bonds. The third-order valence-electron chi connectivity index (χ3n) is 15.0. The van der Waals surface area contributed by atoms with Crippen LogP contribution < -0.4 is 0 Å². The first kappa shape index (κ1) is 82.1. The van der Waals surface area contributed by atoms with E-state index in [1.165, 1.54) is 128 Å². The number of hydrogen-bond donors (Lipinski definition) is 3. The minimum Gasteiger partial charge on any atom is -0.462 e. The first-order valence-electron chi connectivity index (χ1n) is 34.0. The Morgan fingerprint density at radius 1 is 0.321 bits per heavy atom. The normalized spacial score (nSPS) is 14.3. The van der Waals surface area contributed by atoms with Crippen LogP contribution in [-0.4, -0.2) is 96.7 Å². The van der Waals surface area contributed by atoms with Gasteiger partial charge in [0.25, 0.3) is 0 Å². The van der Waals surface area contributed by atoms with Crippen molar-refractivity contribution in [3.8, 4) is 0 Å². The van der Waals surface area contributed by atoms with Crippen molar-refractivity contribution < 1.29 is 80.2 Å². The Balaban J connectivity index is 5.16. The predicted molar refractivity (Wildman–Crippen MR) is 335 cm³/mol. The molecule has 0 spiro atoms. The van der Waals surface area contributed by atoms with Gasteiger partial charge in [-0.2, -0.15) is 0 Å². The summed E-state index contributed by atoms with van der Waals surface area (Å²) in [4.78, 5) is 72.1. The van der Waals surface area contributed by atoms with E-state index in [1.54, 1.807) is 0 Å². The molecule has 498 valence electrons. The van der Waals surface area contributed by atoms with Crippen LogP contribution in [0.2, 0.25) is 0 Å². The van der Waals surface area contributed by atoms with Crippen LogP contribution in [0.5, 0.6) is 0 Å². The molecule has 0 aromatic rings. The molecule has 0 saturated heterocycles. The van der Waals surface area contributed by atoms with Crippen LogP contribution in [0.3, 0.4) is 0 Å². The highest BCUT2D eigenvalue weighted by Gasteiger charge is 2.30. The summed E-state index contributed by atoms with van der Waals surface area (Å²) in [6.07, 6.45) is 40.6. The zero-order valence-electron chi connectivity index (χ0n) is 54.2. The standard InChI is InChI=1S/C65H126O17P2/c1-7-9-11-13-15-16-25-29-36-42-48-63(68)76-54-60(81-64(69)49-43-37-30-26-23-21-19-17-18-20-22-24-28-33-39-45-57(3)4)55-79-83(71,72)77-51-59(66)52-78-84(73,74)80-56-61(53-75-62(67)47-41-35-27-14-12-10-8-2)82-65(70)50-44-38-32-31-34-40-46-58(5)6/h57-61,66H,7-56H2,1-6H3,(H,71,72)(H,73,74)/t59-,60-,61-/m1/s1. The predicted octanol–water partition coefficient (Wildman–Crippen LogP) is 18.0. The molecular weight excluding hydrogens is 1110 g/mol. The van der Waals surface area contributed by atoms with Gasteiger partial charge in [-0.1, -0.05) is 273 Å². The van der Waals surface area contributed by atoms with Crippen LogP contribution in [0.1, 0.15) is 324 Å². The molecule has 17 nitrogen and oxygen atoms in total.